The molecule has 0 aliphatic carbocycles. The zero-order chi connectivity index (χ0) is 15.4. The Morgan fingerprint density at radius 3 is 2.86 bits per heavy atom. The number of rotatable bonds is 5. The van der Waals surface area contributed by atoms with Crippen molar-refractivity contribution in [1.82, 2.24) is 10.2 Å². The molecule has 0 saturated heterocycles. The van der Waals surface area contributed by atoms with Gasteiger partial charge in [0.1, 0.15) is 17.7 Å². The van der Waals surface area contributed by atoms with Crippen LogP contribution in [0.2, 0.25) is 0 Å². The Bertz CT molecular complexity index is 640. The Balaban J connectivity index is 2.09. The number of H-pyrrole nitrogens is 1. The van der Waals surface area contributed by atoms with E-state index in [-0.39, 0.29) is 11.3 Å². The van der Waals surface area contributed by atoms with Gasteiger partial charge in [-0.15, -0.1) is 0 Å². The fourth-order valence-electron chi connectivity index (χ4n) is 1.97. The highest BCUT2D eigenvalue weighted by Crippen LogP contribution is 2.22. The summed E-state index contributed by atoms with van der Waals surface area (Å²) in [6, 6.07) is 4.63. The Hall–Kier alpha value is -2.24. The van der Waals surface area contributed by atoms with Crippen LogP contribution in [-0.2, 0) is 11.2 Å². The number of hydrogen-bond donors (Lipinski definition) is 1. The summed E-state index contributed by atoms with van der Waals surface area (Å²) < 4.78 is 31.9. The zero-order valence-electron chi connectivity index (χ0n) is 11.8. The third-order valence-electron chi connectivity index (χ3n) is 3.04. The molecule has 0 aliphatic rings. The van der Waals surface area contributed by atoms with Crippen LogP contribution in [0.4, 0.5) is 8.78 Å². The molecule has 0 spiro atoms. The number of benzene rings is 1. The Kier molecular flexibility index (Phi) is 4.67. The van der Waals surface area contributed by atoms with E-state index in [1.807, 2.05) is 6.92 Å². The molecule has 2 rings (SSSR count). The first-order chi connectivity index (χ1) is 10.0. The maximum Gasteiger partial charge on any atom is 0.359 e. The van der Waals surface area contributed by atoms with Gasteiger partial charge in [-0.05, 0) is 37.6 Å². The molecule has 112 valence electrons. The lowest BCUT2D eigenvalue weighted by molar-refractivity contribution is 0.0323. The molecule has 1 atom stereocenters. The largest absolute Gasteiger partial charge is 0.453 e. The van der Waals surface area contributed by atoms with Gasteiger partial charge in [0.25, 0.3) is 0 Å². The third kappa shape index (κ3) is 3.65. The van der Waals surface area contributed by atoms with E-state index in [9.17, 15) is 13.6 Å². The maximum absolute atomic E-state index is 13.6. The fourth-order valence-corrected chi connectivity index (χ4v) is 1.97. The lowest BCUT2D eigenvalue weighted by Crippen LogP contribution is -2.11. The highest BCUT2D eigenvalue weighted by molar-refractivity contribution is 5.87. The van der Waals surface area contributed by atoms with Gasteiger partial charge in [0, 0.05) is 11.3 Å². The van der Waals surface area contributed by atoms with Crippen LogP contribution in [0.25, 0.3) is 0 Å². The monoisotopic (exact) mass is 294 g/mol. The molecule has 1 aromatic carbocycles. The summed E-state index contributed by atoms with van der Waals surface area (Å²) in [7, 11) is 0. The predicted molar refractivity (Wildman–Crippen MR) is 72.8 cm³/mol. The van der Waals surface area contributed by atoms with E-state index in [2.05, 4.69) is 10.2 Å². The Morgan fingerprint density at radius 1 is 1.38 bits per heavy atom. The molecular weight excluding hydrogens is 278 g/mol. The topological polar surface area (TPSA) is 55.0 Å². The van der Waals surface area contributed by atoms with Gasteiger partial charge in [0.15, 0.2) is 5.69 Å². The molecular formula is C15H16F2N2O2. The van der Waals surface area contributed by atoms with E-state index in [4.69, 9.17) is 4.74 Å². The van der Waals surface area contributed by atoms with Crippen molar-refractivity contribution in [3.05, 3.63) is 52.9 Å². The number of aryl methyl sites for hydroxylation is 1. The minimum atomic E-state index is -0.903. The van der Waals surface area contributed by atoms with Crippen LogP contribution in [0.15, 0.2) is 24.3 Å². The van der Waals surface area contributed by atoms with Gasteiger partial charge in [-0.2, -0.15) is 5.10 Å². The summed E-state index contributed by atoms with van der Waals surface area (Å²) in [6.45, 7) is 3.49. The summed E-state index contributed by atoms with van der Waals surface area (Å²) in [5.41, 5.74) is 0.948. The van der Waals surface area contributed by atoms with Crippen molar-refractivity contribution in [3.63, 3.8) is 0 Å². The molecule has 0 aliphatic heterocycles. The number of aromatic amines is 1. The molecule has 0 fully saturated rings. The first-order valence-electron chi connectivity index (χ1n) is 6.71. The molecule has 1 unspecified atom stereocenters. The molecule has 0 bridgehead atoms. The van der Waals surface area contributed by atoms with Crippen LogP contribution >= 0.6 is 0 Å². The number of aromatic nitrogens is 2. The molecule has 2 aromatic rings. The molecule has 4 nitrogen and oxygen atoms in total. The van der Waals surface area contributed by atoms with Crippen molar-refractivity contribution in [2.45, 2.75) is 32.8 Å². The van der Waals surface area contributed by atoms with Gasteiger partial charge in [-0.3, -0.25) is 5.10 Å². The van der Waals surface area contributed by atoms with Crippen molar-refractivity contribution >= 4 is 5.97 Å². The number of nitrogens with zero attached hydrogens (tertiary/aromatic N) is 1. The van der Waals surface area contributed by atoms with Crippen LogP contribution in [-0.4, -0.2) is 16.2 Å². The summed E-state index contributed by atoms with van der Waals surface area (Å²) in [6.07, 6.45) is 0.787. The summed E-state index contributed by atoms with van der Waals surface area (Å²) in [5.74, 6) is -1.88. The first kappa shape index (κ1) is 15.2. The average Bonchev–Trinajstić information content (AvgIpc) is 2.90. The molecule has 1 aromatic heterocycles. The lowest BCUT2D eigenvalue weighted by atomic mass is 10.1. The van der Waals surface area contributed by atoms with Crippen molar-refractivity contribution in [1.29, 1.82) is 0 Å². The standard InChI is InChI=1S/C15H16F2N2O2/c1-3-4-11-8-14(19-18-11)15(20)21-9(2)12-7-10(16)5-6-13(12)17/h5-9H,3-4H2,1-2H3,(H,18,19). The number of hydrogen-bond acceptors (Lipinski definition) is 3. The van der Waals surface area contributed by atoms with Crippen molar-refractivity contribution < 1.29 is 18.3 Å². The SMILES string of the molecule is CCCc1cc(C(=O)OC(C)c2cc(F)ccc2F)n[nH]1. The van der Waals surface area contributed by atoms with Gasteiger partial charge in [-0.1, -0.05) is 13.3 Å². The highest BCUT2D eigenvalue weighted by Gasteiger charge is 2.19. The summed E-state index contributed by atoms with van der Waals surface area (Å²) in [4.78, 5) is 11.9. The van der Waals surface area contributed by atoms with Crippen molar-refractivity contribution in [2.24, 2.45) is 0 Å². The normalized spacial score (nSPS) is 12.2. The van der Waals surface area contributed by atoms with Crippen LogP contribution in [0.3, 0.4) is 0 Å². The average molecular weight is 294 g/mol. The number of carbonyl (C=O) groups excluding carboxylic acids is 1. The minimum Gasteiger partial charge on any atom is -0.453 e. The molecule has 0 saturated carbocycles. The fraction of sp³-hybridized carbons (Fsp3) is 0.333. The van der Waals surface area contributed by atoms with Gasteiger partial charge in [-0.25, -0.2) is 13.6 Å². The third-order valence-corrected chi connectivity index (χ3v) is 3.04. The zero-order valence-corrected chi connectivity index (χ0v) is 11.8. The highest BCUT2D eigenvalue weighted by atomic mass is 19.1. The molecule has 0 amide bonds. The molecule has 21 heavy (non-hydrogen) atoms. The van der Waals surface area contributed by atoms with Gasteiger partial charge in [0.05, 0.1) is 0 Å². The van der Waals surface area contributed by atoms with Gasteiger partial charge in [0.2, 0.25) is 0 Å². The van der Waals surface area contributed by atoms with Gasteiger partial charge >= 0.3 is 5.97 Å². The summed E-state index contributed by atoms with van der Waals surface area (Å²) >= 11 is 0. The molecule has 1 N–H and O–H groups in total. The smallest absolute Gasteiger partial charge is 0.359 e. The minimum absolute atomic E-state index is 0.00679. The van der Waals surface area contributed by atoms with E-state index in [0.29, 0.717) is 0 Å². The second-order valence-electron chi connectivity index (χ2n) is 4.74. The van der Waals surface area contributed by atoms with E-state index < -0.39 is 23.7 Å². The number of esters is 1. The maximum atomic E-state index is 13.6. The van der Waals surface area contributed by atoms with Crippen molar-refractivity contribution in [2.75, 3.05) is 0 Å². The van der Waals surface area contributed by atoms with Gasteiger partial charge < -0.3 is 4.74 Å². The first-order valence-corrected chi connectivity index (χ1v) is 6.71. The van der Waals surface area contributed by atoms with E-state index in [1.165, 1.54) is 6.92 Å². The Morgan fingerprint density at radius 2 is 2.14 bits per heavy atom. The van der Waals surface area contributed by atoms with Crippen LogP contribution < -0.4 is 0 Å². The van der Waals surface area contributed by atoms with E-state index in [1.54, 1.807) is 6.07 Å². The quantitative estimate of drug-likeness (QED) is 0.858. The number of halogens is 2. The lowest BCUT2D eigenvalue weighted by Gasteiger charge is -2.13. The summed E-state index contributed by atoms with van der Waals surface area (Å²) in [5, 5.41) is 6.59. The van der Waals surface area contributed by atoms with Crippen LogP contribution in [0.1, 0.15) is 48.1 Å². The predicted octanol–water partition coefficient (Wildman–Crippen LogP) is 3.56. The van der Waals surface area contributed by atoms with Crippen LogP contribution in [0, 0.1) is 11.6 Å². The van der Waals surface area contributed by atoms with Crippen LogP contribution in [0.5, 0.6) is 0 Å². The van der Waals surface area contributed by atoms with Crippen molar-refractivity contribution in [3.8, 4) is 0 Å². The second-order valence-corrected chi connectivity index (χ2v) is 4.74. The molecule has 6 heteroatoms. The number of ether oxygens (including phenoxy) is 1. The van der Waals surface area contributed by atoms with E-state index in [0.717, 1.165) is 36.7 Å². The Labute approximate surface area is 121 Å². The number of carbonyl (C=O) groups is 1. The number of nitrogens with one attached hydrogen (secondary N) is 1. The molecule has 1 heterocycles. The second kappa shape index (κ2) is 6.47. The van der Waals surface area contributed by atoms with E-state index >= 15 is 0 Å². The molecule has 0 radical (unpaired) electrons.